The van der Waals surface area contributed by atoms with Crippen LogP contribution in [0, 0.1) is 11.8 Å². The monoisotopic (exact) mass is 309 g/mol. The van der Waals surface area contributed by atoms with E-state index in [0.717, 1.165) is 51.4 Å². The Morgan fingerprint density at radius 1 is 0.667 bits per heavy atom. The minimum Gasteiger partial charge on any atom is -0.550 e. The first kappa shape index (κ1) is 25.9. The van der Waals surface area contributed by atoms with E-state index in [2.05, 4.69) is 0 Å². The zero-order valence-corrected chi connectivity index (χ0v) is 16.4. The second kappa shape index (κ2) is 18.0. The summed E-state index contributed by atoms with van der Waals surface area (Å²) in [6.45, 7) is 7.97. The first-order valence-electron chi connectivity index (χ1n) is 7.86. The van der Waals surface area contributed by atoms with Crippen LogP contribution < -0.4 is 39.8 Å². The van der Waals surface area contributed by atoms with Gasteiger partial charge in [0.15, 0.2) is 0 Å². The van der Waals surface area contributed by atoms with Gasteiger partial charge >= 0.3 is 29.6 Å². The largest absolute Gasteiger partial charge is 1.00 e. The molecule has 0 radical (unpaired) electrons. The maximum Gasteiger partial charge on any atom is 1.00 e. The summed E-state index contributed by atoms with van der Waals surface area (Å²) in [6.07, 6.45) is 6.76. The maximum absolute atomic E-state index is 10.4. The summed E-state index contributed by atoms with van der Waals surface area (Å²) in [5.41, 5.74) is 0. The molecule has 21 heavy (non-hydrogen) atoms. The van der Waals surface area contributed by atoms with Crippen LogP contribution in [0.4, 0.5) is 0 Å². The van der Waals surface area contributed by atoms with E-state index in [1.165, 1.54) is 0 Å². The van der Waals surface area contributed by atoms with Gasteiger partial charge in [-0.25, -0.2) is 0 Å². The number of carbonyl (C=O) groups excluding carboxylic acids is 2. The quantitative estimate of drug-likeness (QED) is 0.480. The molecule has 0 bridgehead atoms. The van der Waals surface area contributed by atoms with Crippen LogP contribution in [0.2, 0.25) is 0 Å². The Hall–Kier alpha value is -0.0600. The Morgan fingerprint density at radius 2 is 0.857 bits per heavy atom. The minimum atomic E-state index is -0.885. The molecule has 5 heteroatoms. The van der Waals surface area contributed by atoms with E-state index in [9.17, 15) is 19.8 Å². The van der Waals surface area contributed by atoms with Crippen molar-refractivity contribution in [2.24, 2.45) is 11.8 Å². The third-order valence-electron chi connectivity index (χ3n) is 3.22. The molecule has 0 aliphatic carbocycles. The van der Waals surface area contributed by atoms with Gasteiger partial charge < -0.3 is 19.8 Å². The number of carboxylic acid groups (broad SMARTS) is 2. The first-order valence-corrected chi connectivity index (χ1v) is 7.86. The minimum absolute atomic E-state index is 0. The van der Waals surface area contributed by atoms with Gasteiger partial charge in [-0.05, 0) is 37.5 Å². The fraction of sp³-hybridized carbons (Fsp3) is 0.875. The Labute approximate surface area is 152 Å². The van der Waals surface area contributed by atoms with E-state index >= 15 is 0 Å². The average Bonchev–Trinajstić information content (AvgIpc) is 2.38. The van der Waals surface area contributed by atoms with Crippen molar-refractivity contribution in [3.8, 4) is 0 Å². The van der Waals surface area contributed by atoms with Crippen LogP contribution in [-0.2, 0) is 9.59 Å². The fourth-order valence-corrected chi connectivity index (χ4v) is 2.15. The van der Waals surface area contributed by atoms with Gasteiger partial charge in [-0.15, -0.1) is 0 Å². The summed E-state index contributed by atoms with van der Waals surface area (Å²) in [7, 11) is 0. The van der Waals surface area contributed by atoms with Gasteiger partial charge in [0, 0.05) is 11.9 Å². The van der Waals surface area contributed by atoms with Gasteiger partial charge in [-0.3, -0.25) is 0 Å². The predicted octanol–water partition coefficient (Wildman–Crippen LogP) is -1.09. The van der Waals surface area contributed by atoms with Gasteiger partial charge in [0.1, 0.15) is 0 Å². The molecule has 0 fully saturated rings. The number of rotatable bonds is 10. The fourth-order valence-electron chi connectivity index (χ4n) is 2.15. The van der Waals surface area contributed by atoms with Crippen molar-refractivity contribution >= 4 is 11.9 Å². The van der Waals surface area contributed by atoms with E-state index in [0.29, 0.717) is 0 Å². The van der Waals surface area contributed by atoms with E-state index in [4.69, 9.17) is 0 Å². The van der Waals surface area contributed by atoms with Crippen molar-refractivity contribution in [2.75, 3.05) is 0 Å². The van der Waals surface area contributed by atoms with Crippen LogP contribution in [0.5, 0.6) is 0 Å². The van der Waals surface area contributed by atoms with E-state index in [-0.39, 0.29) is 41.4 Å². The molecule has 4 nitrogen and oxygen atoms in total. The second-order valence-corrected chi connectivity index (χ2v) is 5.19. The standard InChI is InChI=1S/2C8H16O2.Na/c2*1-3-5-7(6-4-2)8(9)10;/h2*7H,3-6H2,1-2H3,(H,9,10);/q;;+1/p-2. The first-order chi connectivity index (χ1) is 9.44. The molecule has 0 aliphatic rings. The van der Waals surface area contributed by atoms with E-state index in [1.54, 1.807) is 0 Å². The molecule has 0 spiro atoms. The van der Waals surface area contributed by atoms with Gasteiger partial charge in [0.2, 0.25) is 0 Å². The molecule has 0 rings (SSSR count). The summed E-state index contributed by atoms with van der Waals surface area (Å²) < 4.78 is 0. The molecule has 0 aromatic carbocycles. The summed E-state index contributed by atoms with van der Waals surface area (Å²) in [6, 6.07) is 0. The molecular formula is C16H30NaO4-. The van der Waals surface area contributed by atoms with Crippen LogP contribution in [0.3, 0.4) is 0 Å². The summed E-state index contributed by atoms with van der Waals surface area (Å²) >= 11 is 0. The molecule has 120 valence electrons. The normalized spacial score (nSPS) is 9.81. The number of carbonyl (C=O) groups is 2. The smallest absolute Gasteiger partial charge is 0.550 e. The number of hydrogen-bond acceptors (Lipinski definition) is 4. The second-order valence-electron chi connectivity index (χ2n) is 5.19. The molecule has 0 N–H and O–H groups in total. The van der Waals surface area contributed by atoms with Crippen LogP contribution in [0.25, 0.3) is 0 Å². The number of hydrogen-bond donors (Lipinski definition) is 0. The molecule has 0 aromatic rings. The van der Waals surface area contributed by atoms with Crippen LogP contribution >= 0.6 is 0 Å². The summed E-state index contributed by atoms with van der Waals surface area (Å²) in [5, 5.41) is 20.7. The van der Waals surface area contributed by atoms with Crippen molar-refractivity contribution in [3.05, 3.63) is 0 Å². The topological polar surface area (TPSA) is 80.3 Å². The maximum atomic E-state index is 10.4. The number of carboxylic acids is 2. The zero-order valence-electron chi connectivity index (χ0n) is 14.4. The van der Waals surface area contributed by atoms with Gasteiger partial charge in [-0.1, -0.05) is 53.4 Å². The van der Waals surface area contributed by atoms with Gasteiger partial charge in [0.25, 0.3) is 0 Å². The summed E-state index contributed by atoms with van der Waals surface area (Å²) in [5.74, 6) is -2.20. The van der Waals surface area contributed by atoms with Crippen LogP contribution in [0.15, 0.2) is 0 Å². The van der Waals surface area contributed by atoms with E-state index < -0.39 is 11.9 Å². The van der Waals surface area contributed by atoms with Gasteiger partial charge in [-0.2, -0.15) is 0 Å². The third-order valence-corrected chi connectivity index (χ3v) is 3.22. The van der Waals surface area contributed by atoms with Crippen molar-refractivity contribution in [1.29, 1.82) is 0 Å². The van der Waals surface area contributed by atoms with Crippen molar-refractivity contribution < 1.29 is 49.4 Å². The van der Waals surface area contributed by atoms with E-state index in [1.807, 2.05) is 27.7 Å². The molecule has 0 heterocycles. The van der Waals surface area contributed by atoms with Crippen LogP contribution in [-0.4, -0.2) is 11.9 Å². The molecule has 0 saturated carbocycles. The molecule has 0 saturated heterocycles. The molecule has 0 aliphatic heterocycles. The Balaban J connectivity index is -0.000000295. The van der Waals surface area contributed by atoms with Crippen LogP contribution in [0.1, 0.15) is 79.1 Å². The van der Waals surface area contributed by atoms with Crippen molar-refractivity contribution in [3.63, 3.8) is 0 Å². The zero-order chi connectivity index (χ0) is 16.0. The Bertz CT molecular complexity index is 219. The summed E-state index contributed by atoms with van der Waals surface area (Å²) in [4.78, 5) is 20.7. The Kier molecular flexibility index (Phi) is 22.2. The SMILES string of the molecule is CCCC(CCC)C(=O)[O-].CCCC(CCC)C(=O)[O-].[Na+]. The van der Waals surface area contributed by atoms with Crippen molar-refractivity contribution in [2.45, 2.75) is 79.1 Å². The number of aliphatic carboxylic acids is 2. The Morgan fingerprint density at radius 3 is 0.952 bits per heavy atom. The third kappa shape index (κ3) is 16.1. The van der Waals surface area contributed by atoms with Gasteiger partial charge in [0.05, 0.1) is 0 Å². The van der Waals surface area contributed by atoms with Crippen molar-refractivity contribution in [1.82, 2.24) is 0 Å². The predicted molar refractivity (Wildman–Crippen MR) is 76.6 cm³/mol. The molecule has 0 aromatic heterocycles. The molecule has 0 unspecified atom stereocenters. The average molecular weight is 309 g/mol. The molecule has 0 amide bonds. The molecule has 0 atom stereocenters. The molecular weight excluding hydrogens is 279 g/mol.